The van der Waals surface area contributed by atoms with Crippen molar-refractivity contribution in [2.75, 3.05) is 5.88 Å². The first-order valence-corrected chi connectivity index (χ1v) is 11.9. The minimum atomic E-state index is -3.22. The topological polar surface area (TPSA) is 56.1 Å². The van der Waals surface area contributed by atoms with Gasteiger partial charge in [-0.3, -0.25) is 14.2 Å². The second kappa shape index (κ2) is 9.45. The molecule has 0 fully saturated rings. The molecule has 1 aromatic carbocycles. The molecular weight excluding hydrogens is 471 g/mol. The lowest BCUT2D eigenvalue weighted by atomic mass is 10.1. The highest BCUT2D eigenvalue weighted by molar-refractivity contribution is 9.10. The van der Waals surface area contributed by atoms with Gasteiger partial charge in [0.05, 0.1) is 0 Å². The molecule has 0 unspecified atom stereocenters. The van der Waals surface area contributed by atoms with Crippen molar-refractivity contribution in [3.63, 3.8) is 0 Å². The Labute approximate surface area is 160 Å². The van der Waals surface area contributed by atoms with Crippen LogP contribution in [0.4, 0.5) is 0 Å². The third kappa shape index (κ3) is 7.16. The molecule has 23 heavy (non-hydrogen) atoms. The van der Waals surface area contributed by atoms with E-state index in [0.717, 1.165) is 10.8 Å². The third-order valence-corrected chi connectivity index (χ3v) is 3.50. The molecule has 10 heteroatoms. The molecule has 0 N–H and O–H groups in total. The lowest BCUT2D eigenvalue weighted by molar-refractivity contribution is 0.112. The van der Waals surface area contributed by atoms with Gasteiger partial charge in [-0.25, -0.2) is 0 Å². The van der Waals surface area contributed by atoms with E-state index < -0.39 is 5.20 Å². The van der Waals surface area contributed by atoms with Crippen LogP contribution in [-0.4, -0.2) is 16.7 Å². The summed E-state index contributed by atoms with van der Waals surface area (Å²) in [5.41, 5.74) is 0.425. The molecule has 126 valence electrons. The summed E-state index contributed by atoms with van der Waals surface area (Å²) in [4.78, 5) is 23.3. The molecule has 0 aliphatic rings. The summed E-state index contributed by atoms with van der Waals surface area (Å²) in [6.07, 6.45) is 3.06. The smallest absolute Gasteiger partial charge is 0.314 e. The fourth-order valence-electron chi connectivity index (χ4n) is 1.88. The van der Waals surface area contributed by atoms with E-state index in [0.29, 0.717) is 35.2 Å². The van der Waals surface area contributed by atoms with Crippen molar-refractivity contribution in [2.45, 2.75) is 13.0 Å². The summed E-state index contributed by atoms with van der Waals surface area (Å²) in [5, 5.41) is -2.00. The second-order valence-electron chi connectivity index (χ2n) is 4.33. The Kier molecular flexibility index (Phi) is 8.64. The number of carbonyl (C=O) groups is 1. The highest BCUT2D eigenvalue weighted by Crippen LogP contribution is 2.61. The Morgan fingerprint density at radius 1 is 1.22 bits per heavy atom. The maximum atomic E-state index is 12.2. The van der Waals surface area contributed by atoms with Crippen molar-refractivity contribution < 1.29 is 9.36 Å². The van der Waals surface area contributed by atoms with Crippen LogP contribution in [0, 0.1) is 0 Å². The van der Waals surface area contributed by atoms with E-state index in [1.807, 2.05) is 0 Å². The molecule has 0 atom stereocenters. The maximum absolute atomic E-state index is 12.2. The lowest BCUT2D eigenvalue weighted by Crippen LogP contribution is -2.21. The van der Waals surface area contributed by atoms with Crippen LogP contribution in [-0.2, 0) is 11.1 Å². The summed E-state index contributed by atoms with van der Waals surface area (Å²) in [6, 6.07) is 5.31. The first kappa shape index (κ1) is 21.0. The number of rotatable bonds is 4. The molecular formula is C13H11BrCl4NO3P. The molecule has 0 amide bonds. The maximum Gasteiger partial charge on any atom is 0.339 e. The van der Waals surface area contributed by atoms with Crippen LogP contribution < -0.4 is 5.56 Å². The van der Waals surface area contributed by atoms with Gasteiger partial charge in [-0.1, -0.05) is 15.9 Å². The summed E-state index contributed by atoms with van der Waals surface area (Å²) in [6.45, 7) is 0.523. The van der Waals surface area contributed by atoms with Crippen LogP contribution in [0.25, 0.3) is 10.8 Å². The van der Waals surface area contributed by atoms with Crippen molar-refractivity contribution >= 4 is 83.5 Å². The molecule has 0 radical (unpaired) electrons. The summed E-state index contributed by atoms with van der Waals surface area (Å²) >= 11 is 22.8. The van der Waals surface area contributed by atoms with Crippen LogP contribution in [0.1, 0.15) is 16.8 Å². The standard InChI is InChI=1S/C13H11BrClNO2.Cl3OP/c14-10-2-3-11-12(6-10)9(8-17)7-16(13(11)18)5-1-4-15;1-5(2,3)4/h2-3,6-8H,1,4-5H2;. The van der Waals surface area contributed by atoms with Gasteiger partial charge in [0, 0.05) is 39.4 Å². The number of nitrogens with zero attached hydrogens (tertiary/aromatic N) is 1. The van der Waals surface area contributed by atoms with Gasteiger partial charge < -0.3 is 4.57 Å². The number of fused-ring (bicyclic) bond motifs is 1. The number of pyridine rings is 1. The van der Waals surface area contributed by atoms with E-state index in [2.05, 4.69) is 49.7 Å². The number of halogens is 5. The van der Waals surface area contributed by atoms with E-state index in [-0.39, 0.29) is 5.56 Å². The van der Waals surface area contributed by atoms with E-state index in [4.69, 9.17) is 11.6 Å². The Balaban J connectivity index is 0.000000463. The van der Waals surface area contributed by atoms with E-state index in [1.54, 1.807) is 29.0 Å². The van der Waals surface area contributed by atoms with Gasteiger partial charge in [-0.05, 0) is 58.3 Å². The van der Waals surface area contributed by atoms with Crippen LogP contribution in [0.3, 0.4) is 0 Å². The molecule has 2 aromatic rings. The fourth-order valence-corrected chi connectivity index (χ4v) is 2.36. The normalized spacial score (nSPS) is 11.0. The SMILES string of the molecule is O=Cc1cn(CCCCl)c(=O)c2ccc(Br)cc12.O=P(Cl)(Cl)Cl. The molecule has 1 aromatic heterocycles. The van der Waals surface area contributed by atoms with Crippen LogP contribution in [0.2, 0.25) is 0 Å². The van der Waals surface area contributed by atoms with E-state index in [9.17, 15) is 14.2 Å². The molecule has 0 aliphatic carbocycles. The van der Waals surface area contributed by atoms with Crippen LogP contribution >= 0.6 is 66.5 Å². The molecule has 0 saturated heterocycles. The Morgan fingerprint density at radius 2 is 1.83 bits per heavy atom. The van der Waals surface area contributed by atoms with Gasteiger partial charge in [0.15, 0.2) is 6.29 Å². The van der Waals surface area contributed by atoms with Crippen LogP contribution in [0.15, 0.2) is 33.7 Å². The summed E-state index contributed by atoms with van der Waals surface area (Å²) in [7, 11) is 0. The van der Waals surface area contributed by atoms with Crippen molar-refractivity contribution in [3.8, 4) is 0 Å². The number of alkyl halides is 1. The zero-order valence-corrected chi connectivity index (χ0v) is 17.0. The number of aromatic nitrogens is 1. The minimum absolute atomic E-state index is 0.0896. The first-order valence-electron chi connectivity index (χ1n) is 6.20. The number of aldehydes is 1. The number of carbonyl (C=O) groups excluding carboxylic acids is 1. The average Bonchev–Trinajstić information content (AvgIpc) is 2.45. The zero-order chi connectivity index (χ0) is 17.6. The number of benzene rings is 1. The Bertz CT molecular complexity index is 797. The highest BCUT2D eigenvalue weighted by Gasteiger charge is 2.08. The summed E-state index contributed by atoms with van der Waals surface area (Å²) in [5.74, 6) is 0.487. The van der Waals surface area contributed by atoms with Crippen LogP contribution in [0.5, 0.6) is 0 Å². The predicted octanol–water partition coefficient (Wildman–Crippen LogP) is 6.02. The molecule has 0 aliphatic heterocycles. The van der Waals surface area contributed by atoms with Crippen molar-refractivity contribution in [3.05, 3.63) is 44.8 Å². The van der Waals surface area contributed by atoms with Crippen molar-refractivity contribution in [2.24, 2.45) is 0 Å². The van der Waals surface area contributed by atoms with Crippen molar-refractivity contribution in [1.29, 1.82) is 0 Å². The fraction of sp³-hybridized carbons (Fsp3) is 0.231. The second-order valence-corrected chi connectivity index (χ2v) is 12.3. The van der Waals surface area contributed by atoms with Crippen molar-refractivity contribution in [1.82, 2.24) is 4.57 Å². The van der Waals surface area contributed by atoms with Gasteiger partial charge >= 0.3 is 5.20 Å². The molecule has 2 rings (SSSR count). The van der Waals surface area contributed by atoms with Gasteiger partial charge in [0.1, 0.15) is 0 Å². The van der Waals surface area contributed by atoms with Gasteiger partial charge in [-0.15, -0.1) is 11.6 Å². The number of hydrogen-bond donors (Lipinski definition) is 0. The monoisotopic (exact) mass is 479 g/mol. The quantitative estimate of drug-likeness (QED) is 0.305. The van der Waals surface area contributed by atoms with E-state index in [1.165, 1.54) is 0 Å². The zero-order valence-electron chi connectivity index (χ0n) is 11.5. The van der Waals surface area contributed by atoms with Gasteiger partial charge in [-0.2, -0.15) is 0 Å². The molecule has 1 heterocycles. The third-order valence-electron chi connectivity index (χ3n) is 2.74. The summed E-state index contributed by atoms with van der Waals surface area (Å²) < 4.78 is 11.9. The Hall–Kier alpha value is -0.0300. The van der Waals surface area contributed by atoms with Gasteiger partial charge in [0.25, 0.3) is 5.56 Å². The molecule has 0 saturated carbocycles. The Morgan fingerprint density at radius 3 is 2.35 bits per heavy atom. The molecule has 0 bridgehead atoms. The predicted molar refractivity (Wildman–Crippen MR) is 102 cm³/mol. The molecule has 0 spiro atoms. The minimum Gasteiger partial charge on any atom is -0.314 e. The highest BCUT2D eigenvalue weighted by atomic mass is 79.9. The van der Waals surface area contributed by atoms with Gasteiger partial charge in [0.2, 0.25) is 0 Å². The first-order chi connectivity index (χ1) is 10.7. The average molecular weight is 482 g/mol. The number of hydrogen-bond acceptors (Lipinski definition) is 3. The number of aryl methyl sites for hydroxylation is 1. The van der Waals surface area contributed by atoms with E-state index >= 15 is 0 Å². The molecule has 4 nitrogen and oxygen atoms in total. The largest absolute Gasteiger partial charge is 0.339 e. The lowest BCUT2D eigenvalue weighted by Gasteiger charge is -2.08.